The fourth-order valence-electron chi connectivity index (χ4n) is 13.4. The summed E-state index contributed by atoms with van der Waals surface area (Å²) in [6.45, 7) is -0.0719. The Bertz CT molecular complexity index is 4730. The number of para-hydroxylation sites is 4. The SMILES string of the molecule is c1ccc(-c2ccc3c(c2)-n2c(-c4ccccc4)c(-c4ccccc4)c4ccc5c(c42)B3c2cc(-n3c4ccccc4c4ccccc43)cc3c4cc(-n6c7ccccc7c7ccccc76)ccc4n-5c23)cc1. The standard InChI is InChI=1S/C68H41BN4/c1-4-18-42(19-5-1)45-32-35-55-63(38-45)73-66(44-22-8-3-9-23-44)64(43-20-6-2-7-21-43)52-34-37-62-65(68(52)73)69(55)56-41-47(71-59-30-16-12-26-50(59)51-27-13-17-31-60(51)71)40-54-53-39-46(33-36-61(53)72(62)67(54)56)70-57-28-14-10-24-48(57)49-25-11-15-29-58(49)70/h1-41H. The maximum absolute atomic E-state index is 2.63. The number of rotatable bonds is 5. The van der Waals surface area contributed by atoms with Crippen molar-refractivity contribution in [2.24, 2.45) is 0 Å². The second-order valence-electron chi connectivity index (χ2n) is 20.0. The van der Waals surface area contributed by atoms with Crippen molar-refractivity contribution in [1.29, 1.82) is 0 Å². The lowest BCUT2D eigenvalue weighted by atomic mass is 9.34. The molecule has 0 N–H and O–H groups in total. The molecule has 0 radical (unpaired) electrons. The first-order valence-corrected chi connectivity index (χ1v) is 25.4. The topological polar surface area (TPSA) is 19.7 Å². The molecular formula is C68H41BN4. The summed E-state index contributed by atoms with van der Waals surface area (Å²) >= 11 is 0. The van der Waals surface area contributed by atoms with Gasteiger partial charge in [-0.1, -0.05) is 182 Å². The fraction of sp³-hybridized carbons (Fsp3) is 0. The summed E-state index contributed by atoms with van der Waals surface area (Å²) in [5, 5.41) is 8.77. The molecule has 2 aliphatic heterocycles. The minimum absolute atomic E-state index is 0.0719. The highest BCUT2D eigenvalue weighted by atomic mass is 15.1. The van der Waals surface area contributed by atoms with Gasteiger partial charge in [-0.2, -0.15) is 0 Å². The van der Waals surface area contributed by atoms with Crippen LogP contribution in [0.3, 0.4) is 0 Å². The summed E-state index contributed by atoms with van der Waals surface area (Å²) in [6, 6.07) is 92.9. The molecule has 2 aliphatic rings. The quantitative estimate of drug-likeness (QED) is 0.153. The Labute approximate surface area is 420 Å². The van der Waals surface area contributed by atoms with Gasteiger partial charge in [-0.15, -0.1) is 0 Å². The van der Waals surface area contributed by atoms with E-state index in [4.69, 9.17) is 0 Å². The van der Waals surface area contributed by atoms with E-state index in [9.17, 15) is 0 Å². The normalized spacial score (nSPS) is 12.6. The molecule has 5 heteroatoms. The summed E-state index contributed by atoms with van der Waals surface area (Å²) in [6.07, 6.45) is 0. The molecule has 0 atom stereocenters. The minimum atomic E-state index is -0.0719. The summed E-state index contributed by atoms with van der Waals surface area (Å²) in [5.41, 5.74) is 24.5. The zero-order chi connectivity index (χ0) is 47.5. The molecule has 0 bridgehead atoms. The van der Waals surface area contributed by atoms with Crippen molar-refractivity contribution in [3.63, 3.8) is 0 Å². The summed E-state index contributed by atoms with van der Waals surface area (Å²) in [5.74, 6) is 0. The van der Waals surface area contributed by atoms with E-state index in [2.05, 4.69) is 267 Å². The Balaban J connectivity index is 1.05. The third kappa shape index (κ3) is 5.20. The highest BCUT2D eigenvalue weighted by molar-refractivity contribution is 7.00. The van der Waals surface area contributed by atoms with E-state index in [0.29, 0.717) is 0 Å². The molecule has 0 amide bonds. The van der Waals surface area contributed by atoms with Crippen LogP contribution < -0.4 is 16.4 Å². The number of fused-ring (bicyclic) bond motifs is 14. The molecule has 0 fully saturated rings. The zero-order valence-electron chi connectivity index (χ0n) is 39.5. The predicted molar refractivity (Wildman–Crippen MR) is 307 cm³/mol. The lowest BCUT2D eigenvalue weighted by Crippen LogP contribution is -2.59. The molecule has 0 saturated carbocycles. The molecule has 0 saturated heterocycles. The first-order valence-electron chi connectivity index (χ1n) is 25.4. The van der Waals surface area contributed by atoms with Crippen LogP contribution in [0.5, 0.6) is 0 Å². The van der Waals surface area contributed by atoms with Crippen molar-refractivity contribution in [2.45, 2.75) is 0 Å². The molecule has 4 nitrogen and oxygen atoms in total. The van der Waals surface area contributed by atoms with Gasteiger partial charge in [0.2, 0.25) is 0 Å². The van der Waals surface area contributed by atoms with Crippen LogP contribution in [0.4, 0.5) is 0 Å². The molecular weight excluding hydrogens is 884 g/mol. The molecule has 17 rings (SSSR count). The van der Waals surface area contributed by atoms with Crippen molar-refractivity contribution >= 4 is 99.4 Å². The Morgan fingerprint density at radius 1 is 0.260 bits per heavy atom. The highest BCUT2D eigenvalue weighted by Gasteiger charge is 2.42. The van der Waals surface area contributed by atoms with E-state index >= 15 is 0 Å². The largest absolute Gasteiger partial charge is 0.310 e. The molecule has 0 unspecified atom stereocenters. The molecule has 11 aromatic carbocycles. The molecule has 0 spiro atoms. The van der Waals surface area contributed by atoms with Crippen LogP contribution in [0, 0.1) is 0 Å². The van der Waals surface area contributed by atoms with Crippen molar-refractivity contribution in [1.82, 2.24) is 18.3 Å². The van der Waals surface area contributed by atoms with E-state index in [0.717, 1.165) is 11.4 Å². The van der Waals surface area contributed by atoms with Crippen LogP contribution in [-0.2, 0) is 0 Å². The third-order valence-electron chi connectivity index (χ3n) is 16.3. The lowest BCUT2D eigenvalue weighted by molar-refractivity contribution is 1.13. The van der Waals surface area contributed by atoms with E-state index < -0.39 is 0 Å². The van der Waals surface area contributed by atoms with E-state index in [1.54, 1.807) is 0 Å². The van der Waals surface area contributed by atoms with Crippen molar-refractivity contribution < 1.29 is 0 Å². The van der Waals surface area contributed by atoms with Crippen LogP contribution >= 0.6 is 0 Å². The molecule has 73 heavy (non-hydrogen) atoms. The van der Waals surface area contributed by atoms with Crippen LogP contribution in [0.1, 0.15) is 0 Å². The second kappa shape index (κ2) is 14.5. The van der Waals surface area contributed by atoms with Gasteiger partial charge in [0.15, 0.2) is 0 Å². The van der Waals surface area contributed by atoms with Gasteiger partial charge in [0.05, 0.1) is 38.8 Å². The van der Waals surface area contributed by atoms with E-state index in [1.165, 1.54) is 138 Å². The minimum Gasteiger partial charge on any atom is -0.310 e. The average molecular weight is 925 g/mol. The van der Waals surface area contributed by atoms with Gasteiger partial charge in [0.1, 0.15) is 0 Å². The maximum Gasteiger partial charge on any atom is 0.252 e. The lowest BCUT2D eigenvalue weighted by Gasteiger charge is -2.34. The number of hydrogen-bond donors (Lipinski definition) is 0. The maximum atomic E-state index is 2.63. The van der Waals surface area contributed by atoms with E-state index in [-0.39, 0.29) is 6.71 Å². The summed E-state index contributed by atoms with van der Waals surface area (Å²) in [7, 11) is 0. The van der Waals surface area contributed by atoms with Gasteiger partial charge >= 0.3 is 0 Å². The van der Waals surface area contributed by atoms with Gasteiger partial charge in [0, 0.05) is 71.5 Å². The van der Waals surface area contributed by atoms with Crippen molar-refractivity contribution in [3.8, 4) is 56.3 Å². The van der Waals surface area contributed by atoms with E-state index in [1.807, 2.05) is 0 Å². The predicted octanol–water partition coefficient (Wildman–Crippen LogP) is 15.1. The van der Waals surface area contributed by atoms with Gasteiger partial charge < -0.3 is 18.3 Å². The first-order chi connectivity index (χ1) is 36.3. The Kier molecular flexibility index (Phi) is 7.79. The molecule has 15 aromatic rings. The number of nitrogens with zero attached hydrogens (tertiary/aromatic N) is 4. The van der Waals surface area contributed by atoms with Crippen LogP contribution in [0.15, 0.2) is 249 Å². The van der Waals surface area contributed by atoms with Crippen LogP contribution in [-0.4, -0.2) is 25.0 Å². The molecule has 0 aliphatic carbocycles. The summed E-state index contributed by atoms with van der Waals surface area (Å²) < 4.78 is 10.2. The van der Waals surface area contributed by atoms with Crippen LogP contribution in [0.2, 0.25) is 0 Å². The van der Waals surface area contributed by atoms with Crippen molar-refractivity contribution in [2.75, 3.05) is 0 Å². The third-order valence-corrected chi connectivity index (χ3v) is 16.3. The molecule has 6 heterocycles. The second-order valence-corrected chi connectivity index (χ2v) is 20.0. The molecule has 4 aromatic heterocycles. The van der Waals surface area contributed by atoms with Gasteiger partial charge in [-0.3, -0.25) is 0 Å². The van der Waals surface area contributed by atoms with Gasteiger partial charge in [0.25, 0.3) is 6.71 Å². The van der Waals surface area contributed by atoms with Crippen LogP contribution in [0.25, 0.3) is 133 Å². The highest BCUT2D eigenvalue weighted by Crippen LogP contribution is 2.47. The fourth-order valence-corrected chi connectivity index (χ4v) is 13.4. The Morgan fingerprint density at radius 2 is 0.781 bits per heavy atom. The average Bonchev–Trinajstić information content (AvgIpc) is 4.20. The summed E-state index contributed by atoms with van der Waals surface area (Å²) in [4.78, 5) is 0. The monoisotopic (exact) mass is 924 g/mol. The zero-order valence-corrected chi connectivity index (χ0v) is 39.5. The van der Waals surface area contributed by atoms with Gasteiger partial charge in [-0.25, -0.2) is 0 Å². The number of benzene rings is 11. The number of hydrogen-bond acceptors (Lipinski definition) is 0. The smallest absolute Gasteiger partial charge is 0.252 e. The Morgan fingerprint density at radius 3 is 1.40 bits per heavy atom. The number of aromatic nitrogens is 4. The Hall–Kier alpha value is -9.58. The first kappa shape index (κ1) is 39.2. The van der Waals surface area contributed by atoms with Crippen molar-refractivity contribution in [3.05, 3.63) is 249 Å². The molecule has 336 valence electrons. The van der Waals surface area contributed by atoms with Gasteiger partial charge in [-0.05, 0) is 105 Å².